The predicted molar refractivity (Wildman–Crippen MR) is 89.9 cm³/mol. The summed E-state index contributed by atoms with van der Waals surface area (Å²) in [6.07, 6.45) is 4.31. The third-order valence-corrected chi connectivity index (χ3v) is 4.04. The van der Waals surface area contributed by atoms with Gasteiger partial charge in [0.2, 0.25) is 0 Å². The number of hydrogen-bond acceptors (Lipinski definition) is 1. The fourth-order valence-electron chi connectivity index (χ4n) is 2.73. The van der Waals surface area contributed by atoms with Crippen LogP contribution in [0.15, 0.2) is 54.7 Å². The van der Waals surface area contributed by atoms with Gasteiger partial charge in [0.15, 0.2) is 0 Å². The Morgan fingerprint density at radius 1 is 1.00 bits per heavy atom. The number of nitrogens with zero attached hydrogens (tertiary/aromatic N) is 1. The molecule has 0 aliphatic rings. The number of para-hydroxylation sites is 1. The van der Waals surface area contributed by atoms with E-state index in [1.54, 1.807) is 0 Å². The van der Waals surface area contributed by atoms with Crippen LogP contribution >= 0.6 is 11.6 Å². The first-order valence-electron chi connectivity index (χ1n) is 7.29. The van der Waals surface area contributed by atoms with Gasteiger partial charge in [-0.05, 0) is 48.7 Å². The van der Waals surface area contributed by atoms with Crippen molar-refractivity contribution >= 4 is 22.5 Å². The van der Waals surface area contributed by atoms with E-state index in [4.69, 9.17) is 17.3 Å². The minimum atomic E-state index is 0.733. The van der Waals surface area contributed by atoms with E-state index >= 15 is 0 Å². The minimum absolute atomic E-state index is 0.733. The Morgan fingerprint density at radius 3 is 2.52 bits per heavy atom. The van der Waals surface area contributed by atoms with E-state index in [1.807, 2.05) is 12.1 Å². The molecule has 0 aliphatic carbocycles. The lowest BCUT2D eigenvalue weighted by Crippen LogP contribution is -2.00. The molecule has 0 unspecified atom stereocenters. The average molecular weight is 299 g/mol. The van der Waals surface area contributed by atoms with Gasteiger partial charge in [0.25, 0.3) is 0 Å². The van der Waals surface area contributed by atoms with E-state index in [-0.39, 0.29) is 0 Å². The van der Waals surface area contributed by atoms with Crippen LogP contribution in [0.4, 0.5) is 0 Å². The van der Waals surface area contributed by atoms with Crippen LogP contribution < -0.4 is 5.73 Å². The lowest BCUT2D eigenvalue weighted by atomic mass is 10.1. The van der Waals surface area contributed by atoms with E-state index in [9.17, 15) is 0 Å². The summed E-state index contributed by atoms with van der Waals surface area (Å²) in [5, 5.41) is 2.11. The van der Waals surface area contributed by atoms with Crippen molar-refractivity contribution in [3.63, 3.8) is 0 Å². The smallest absolute Gasteiger partial charge is 0.0486 e. The van der Waals surface area contributed by atoms with E-state index in [2.05, 4.69) is 47.2 Å². The standard InChI is InChI=1S/C18H19ClN2/c19-16-9-7-14(8-10-16)12-21-13-15(4-3-11-20)17-5-1-2-6-18(17)21/h1-2,5-10,13H,3-4,11-12,20H2. The van der Waals surface area contributed by atoms with Crippen molar-refractivity contribution in [3.05, 3.63) is 70.9 Å². The van der Waals surface area contributed by atoms with Crippen molar-refractivity contribution in [2.75, 3.05) is 6.54 Å². The zero-order valence-electron chi connectivity index (χ0n) is 11.9. The van der Waals surface area contributed by atoms with Crippen LogP contribution in [0.3, 0.4) is 0 Å². The first-order valence-corrected chi connectivity index (χ1v) is 7.67. The number of aromatic nitrogens is 1. The van der Waals surface area contributed by atoms with Crippen molar-refractivity contribution in [2.45, 2.75) is 19.4 Å². The van der Waals surface area contributed by atoms with Crippen molar-refractivity contribution < 1.29 is 0 Å². The third-order valence-electron chi connectivity index (χ3n) is 3.79. The topological polar surface area (TPSA) is 30.9 Å². The molecular formula is C18H19ClN2. The molecule has 3 aromatic rings. The first kappa shape index (κ1) is 14.2. The van der Waals surface area contributed by atoms with Crippen molar-refractivity contribution in [1.29, 1.82) is 0 Å². The van der Waals surface area contributed by atoms with Gasteiger partial charge in [0.05, 0.1) is 0 Å². The Hall–Kier alpha value is -1.77. The first-order chi connectivity index (χ1) is 10.3. The number of nitrogens with two attached hydrogens (primary N) is 1. The molecule has 0 fully saturated rings. The Bertz CT molecular complexity index is 729. The van der Waals surface area contributed by atoms with E-state index in [0.29, 0.717) is 0 Å². The highest BCUT2D eigenvalue weighted by atomic mass is 35.5. The summed E-state index contributed by atoms with van der Waals surface area (Å²) in [4.78, 5) is 0. The van der Waals surface area contributed by atoms with Crippen molar-refractivity contribution in [3.8, 4) is 0 Å². The van der Waals surface area contributed by atoms with Crippen LogP contribution in [0.25, 0.3) is 10.9 Å². The molecule has 21 heavy (non-hydrogen) atoms. The summed E-state index contributed by atoms with van der Waals surface area (Å²) in [6.45, 7) is 1.59. The van der Waals surface area contributed by atoms with E-state index < -0.39 is 0 Å². The molecule has 0 bridgehead atoms. The Morgan fingerprint density at radius 2 is 1.76 bits per heavy atom. The van der Waals surface area contributed by atoms with Gasteiger partial charge in [-0.1, -0.05) is 41.9 Å². The van der Waals surface area contributed by atoms with Gasteiger partial charge < -0.3 is 10.3 Å². The number of hydrogen-bond donors (Lipinski definition) is 1. The molecule has 2 aromatic carbocycles. The second kappa shape index (κ2) is 6.33. The molecule has 0 aliphatic heterocycles. The lowest BCUT2D eigenvalue weighted by Gasteiger charge is -2.05. The van der Waals surface area contributed by atoms with Crippen LogP contribution in [-0.4, -0.2) is 11.1 Å². The molecule has 2 N–H and O–H groups in total. The van der Waals surface area contributed by atoms with Crippen molar-refractivity contribution in [1.82, 2.24) is 4.57 Å². The number of aryl methyl sites for hydroxylation is 1. The van der Waals surface area contributed by atoms with Gasteiger partial charge in [-0.25, -0.2) is 0 Å². The maximum Gasteiger partial charge on any atom is 0.0486 e. The van der Waals surface area contributed by atoms with Gasteiger partial charge in [0, 0.05) is 28.7 Å². The fraction of sp³-hybridized carbons (Fsp3) is 0.222. The van der Waals surface area contributed by atoms with E-state index in [0.717, 1.165) is 31.0 Å². The van der Waals surface area contributed by atoms with Crippen LogP contribution in [0.2, 0.25) is 5.02 Å². The molecule has 1 heterocycles. The fourth-order valence-corrected chi connectivity index (χ4v) is 2.86. The summed E-state index contributed by atoms with van der Waals surface area (Å²) in [7, 11) is 0. The second-order valence-corrected chi connectivity index (χ2v) is 5.75. The maximum absolute atomic E-state index is 5.95. The predicted octanol–water partition coefficient (Wildman–Crippen LogP) is 4.23. The third kappa shape index (κ3) is 3.12. The molecular weight excluding hydrogens is 280 g/mol. The summed E-state index contributed by atoms with van der Waals surface area (Å²) >= 11 is 5.95. The van der Waals surface area contributed by atoms with Crippen LogP contribution in [-0.2, 0) is 13.0 Å². The van der Waals surface area contributed by atoms with Crippen LogP contribution in [0.1, 0.15) is 17.5 Å². The molecule has 0 amide bonds. The summed E-state index contributed by atoms with van der Waals surface area (Å²) in [5.41, 5.74) is 9.56. The molecule has 0 spiro atoms. The number of halogens is 1. The molecule has 1 aromatic heterocycles. The highest BCUT2D eigenvalue weighted by molar-refractivity contribution is 6.30. The quantitative estimate of drug-likeness (QED) is 0.750. The molecule has 108 valence electrons. The van der Waals surface area contributed by atoms with Gasteiger partial charge in [-0.2, -0.15) is 0 Å². The molecule has 0 saturated carbocycles. The lowest BCUT2D eigenvalue weighted by molar-refractivity contribution is 0.806. The monoisotopic (exact) mass is 298 g/mol. The Balaban J connectivity index is 1.96. The normalized spacial score (nSPS) is 11.1. The summed E-state index contributed by atoms with van der Waals surface area (Å²) in [6, 6.07) is 16.6. The van der Waals surface area contributed by atoms with Gasteiger partial charge >= 0.3 is 0 Å². The number of rotatable bonds is 5. The molecule has 3 rings (SSSR count). The van der Waals surface area contributed by atoms with E-state index in [1.165, 1.54) is 22.0 Å². The van der Waals surface area contributed by atoms with Gasteiger partial charge in [0.1, 0.15) is 0 Å². The average Bonchev–Trinajstić information content (AvgIpc) is 2.86. The van der Waals surface area contributed by atoms with Crippen LogP contribution in [0, 0.1) is 0 Å². The number of benzene rings is 2. The molecule has 2 nitrogen and oxygen atoms in total. The van der Waals surface area contributed by atoms with Gasteiger partial charge in [-0.3, -0.25) is 0 Å². The minimum Gasteiger partial charge on any atom is -0.343 e. The number of fused-ring (bicyclic) bond motifs is 1. The second-order valence-electron chi connectivity index (χ2n) is 5.32. The molecule has 0 saturated heterocycles. The molecule has 3 heteroatoms. The zero-order chi connectivity index (χ0) is 14.7. The summed E-state index contributed by atoms with van der Waals surface area (Å²) in [5.74, 6) is 0. The SMILES string of the molecule is NCCCc1cn(Cc2ccc(Cl)cc2)c2ccccc12. The zero-order valence-corrected chi connectivity index (χ0v) is 12.7. The molecule has 0 radical (unpaired) electrons. The van der Waals surface area contributed by atoms with Crippen LogP contribution in [0.5, 0.6) is 0 Å². The Labute approximate surface area is 130 Å². The highest BCUT2D eigenvalue weighted by Gasteiger charge is 2.08. The summed E-state index contributed by atoms with van der Waals surface area (Å²) < 4.78 is 2.31. The van der Waals surface area contributed by atoms with Crippen molar-refractivity contribution in [2.24, 2.45) is 5.73 Å². The maximum atomic E-state index is 5.95. The highest BCUT2D eigenvalue weighted by Crippen LogP contribution is 2.23. The largest absolute Gasteiger partial charge is 0.343 e. The molecule has 0 atom stereocenters. The van der Waals surface area contributed by atoms with Gasteiger partial charge in [-0.15, -0.1) is 0 Å². The Kier molecular flexibility index (Phi) is 4.28.